The van der Waals surface area contributed by atoms with Gasteiger partial charge in [-0.1, -0.05) is 38.1 Å². The lowest BCUT2D eigenvalue weighted by molar-refractivity contribution is -0.116. The van der Waals surface area contributed by atoms with Gasteiger partial charge in [-0.3, -0.25) is 4.79 Å². The smallest absolute Gasteiger partial charge is 0.286 e. The van der Waals surface area contributed by atoms with Crippen LogP contribution in [0.1, 0.15) is 32.3 Å². The van der Waals surface area contributed by atoms with Crippen molar-refractivity contribution in [1.82, 2.24) is 0 Å². The monoisotopic (exact) mass is 385 g/mol. The van der Waals surface area contributed by atoms with Gasteiger partial charge < -0.3 is 10.6 Å². The summed E-state index contributed by atoms with van der Waals surface area (Å²) in [7, 11) is -3.70. The van der Waals surface area contributed by atoms with E-state index < -0.39 is 10.0 Å². The number of amidine groups is 1. The number of benzene rings is 2. The predicted molar refractivity (Wildman–Crippen MR) is 108 cm³/mol. The molecular weight excluding hydrogens is 362 g/mol. The Bertz CT molecular complexity index is 983. The molecule has 0 saturated carbocycles. The molecule has 27 heavy (non-hydrogen) atoms. The number of rotatable bonds is 6. The molecule has 1 atom stereocenters. The Balaban J connectivity index is 1.61. The van der Waals surface area contributed by atoms with Crippen LogP contribution in [0.4, 0.5) is 11.4 Å². The third-order valence-corrected chi connectivity index (χ3v) is 5.74. The first-order valence-electron chi connectivity index (χ1n) is 8.96. The van der Waals surface area contributed by atoms with E-state index in [0.29, 0.717) is 17.9 Å². The minimum atomic E-state index is -3.70. The van der Waals surface area contributed by atoms with Crippen molar-refractivity contribution in [3.05, 3.63) is 54.1 Å². The van der Waals surface area contributed by atoms with Crippen LogP contribution < -0.4 is 10.6 Å². The van der Waals surface area contributed by atoms with Gasteiger partial charge in [0, 0.05) is 18.5 Å². The molecule has 6 nitrogen and oxygen atoms in total. The number of sulfonamides is 1. The second-order valence-electron chi connectivity index (χ2n) is 6.75. The van der Waals surface area contributed by atoms with Crippen LogP contribution in [0.3, 0.4) is 0 Å². The van der Waals surface area contributed by atoms with Crippen LogP contribution in [0.5, 0.6) is 0 Å². The lowest BCUT2D eigenvalue weighted by Gasteiger charge is -2.20. The minimum absolute atomic E-state index is 0.0638. The fraction of sp³-hybridized carbons (Fsp3) is 0.300. The van der Waals surface area contributed by atoms with Gasteiger partial charge in [-0.15, -0.1) is 4.40 Å². The van der Waals surface area contributed by atoms with Crippen molar-refractivity contribution in [1.29, 1.82) is 0 Å². The number of carbonyl (C=O) groups excluding carboxylic acids is 1. The largest absolute Gasteiger partial charge is 0.342 e. The molecule has 0 unspecified atom stereocenters. The summed E-state index contributed by atoms with van der Waals surface area (Å²) >= 11 is 0. The number of hydrogen-bond acceptors (Lipinski definition) is 4. The van der Waals surface area contributed by atoms with Gasteiger partial charge in [0.25, 0.3) is 10.0 Å². The molecule has 0 bridgehead atoms. The highest BCUT2D eigenvalue weighted by Crippen LogP contribution is 2.28. The van der Waals surface area contributed by atoms with Gasteiger partial charge in [0.05, 0.1) is 5.69 Å². The Morgan fingerprint density at radius 1 is 1.19 bits per heavy atom. The molecule has 2 N–H and O–H groups in total. The number of para-hydroxylation sites is 1. The summed E-state index contributed by atoms with van der Waals surface area (Å²) in [6, 6.07) is 14.4. The maximum absolute atomic E-state index is 12.3. The molecule has 1 aliphatic rings. The van der Waals surface area contributed by atoms with E-state index >= 15 is 0 Å². The highest BCUT2D eigenvalue weighted by molar-refractivity contribution is 7.90. The zero-order valence-electron chi connectivity index (χ0n) is 15.4. The fourth-order valence-electron chi connectivity index (χ4n) is 3.06. The summed E-state index contributed by atoms with van der Waals surface area (Å²) < 4.78 is 28.4. The molecular formula is C20H23N3O3S. The van der Waals surface area contributed by atoms with Crippen molar-refractivity contribution in [3.8, 4) is 0 Å². The van der Waals surface area contributed by atoms with E-state index in [1.807, 2.05) is 31.2 Å². The summed E-state index contributed by atoms with van der Waals surface area (Å²) in [6.07, 6.45) is 1.55. The molecule has 0 aromatic heterocycles. The molecule has 0 fully saturated rings. The van der Waals surface area contributed by atoms with Crippen LogP contribution in [0, 0.1) is 5.92 Å². The van der Waals surface area contributed by atoms with Crippen LogP contribution in [-0.4, -0.2) is 20.2 Å². The van der Waals surface area contributed by atoms with Gasteiger partial charge in [0.2, 0.25) is 5.91 Å². The highest BCUT2D eigenvalue weighted by atomic mass is 32.2. The Hall–Kier alpha value is -2.67. The zero-order valence-corrected chi connectivity index (χ0v) is 16.2. The molecule has 0 aliphatic carbocycles. The Morgan fingerprint density at radius 3 is 2.74 bits per heavy atom. The quantitative estimate of drug-likeness (QED) is 0.791. The first-order chi connectivity index (χ1) is 12.9. The number of anilines is 2. The van der Waals surface area contributed by atoms with Crippen LogP contribution in [0.2, 0.25) is 0 Å². The number of fused-ring (bicyclic) bond motifs is 1. The first-order valence-corrected chi connectivity index (χ1v) is 10.4. The van der Waals surface area contributed by atoms with E-state index in [1.54, 1.807) is 18.2 Å². The highest BCUT2D eigenvalue weighted by Gasteiger charge is 2.25. The summed E-state index contributed by atoms with van der Waals surface area (Å²) in [6.45, 7) is 3.96. The van der Waals surface area contributed by atoms with Crippen LogP contribution in [-0.2, 0) is 21.2 Å². The Morgan fingerprint density at radius 2 is 1.96 bits per heavy atom. The molecule has 142 valence electrons. The molecule has 2 aromatic carbocycles. The van der Waals surface area contributed by atoms with E-state index in [1.165, 1.54) is 6.07 Å². The topological polar surface area (TPSA) is 87.6 Å². The standard InChI is InChI=1S/C20H23N3O3S/c1-3-15-7-6-8-16(13-15)21-20(24)12-14(2)11-19-22-17-9-4-5-10-18(17)27(25,26)23-19/h4-10,13-14H,3,11-12H2,1-2H3,(H,21,24)(H,22,23)/t14-/m0/s1. The molecule has 3 rings (SSSR count). The van der Waals surface area contributed by atoms with Crippen molar-refractivity contribution in [2.45, 2.75) is 38.0 Å². The van der Waals surface area contributed by atoms with Gasteiger partial charge in [-0.2, -0.15) is 8.42 Å². The summed E-state index contributed by atoms with van der Waals surface area (Å²) in [4.78, 5) is 12.5. The van der Waals surface area contributed by atoms with Gasteiger partial charge >= 0.3 is 0 Å². The third-order valence-electron chi connectivity index (χ3n) is 4.37. The van der Waals surface area contributed by atoms with Gasteiger partial charge in [0.1, 0.15) is 10.7 Å². The molecule has 0 saturated heterocycles. The van der Waals surface area contributed by atoms with Crippen LogP contribution >= 0.6 is 0 Å². The normalized spacial score (nSPS) is 15.9. The van der Waals surface area contributed by atoms with Crippen LogP contribution in [0.15, 0.2) is 57.8 Å². The number of hydrogen-bond donors (Lipinski definition) is 2. The number of carbonyl (C=O) groups is 1. The van der Waals surface area contributed by atoms with E-state index in [-0.39, 0.29) is 23.1 Å². The average molecular weight is 385 g/mol. The van der Waals surface area contributed by atoms with Crippen molar-refractivity contribution in [2.75, 3.05) is 10.6 Å². The lowest BCUT2D eigenvalue weighted by atomic mass is 10.0. The van der Waals surface area contributed by atoms with E-state index in [2.05, 4.69) is 22.0 Å². The van der Waals surface area contributed by atoms with Gasteiger partial charge in [-0.05, 0) is 42.2 Å². The summed E-state index contributed by atoms with van der Waals surface area (Å²) in [5.74, 6) is 0.198. The van der Waals surface area contributed by atoms with Gasteiger partial charge in [0.15, 0.2) is 0 Å². The SMILES string of the molecule is CCc1cccc(NC(=O)C[C@@H](C)CC2=NS(=O)(=O)c3ccccc3N2)c1. The maximum Gasteiger partial charge on any atom is 0.286 e. The fourth-order valence-corrected chi connectivity index (χ4v) is 4.21. The third kappa shape index (κ3) is 4.74. The molecule has 2 aromatic rings. The number of nitrogens with zero attached hydrogens (tertiary/aromatic N) is 1. The molecule has 1 aliphatic heterocycles. The van der Waals surface area contributed by atoms with E-state index in [4.69, 9.17) is 0 Å². The van der Waals surface area contributed by atoms with E-state index in [0.717, 1.165) is 17.7 Å². The second kappa shape index (κ2) is 7.92. The number of amides is 1. The second-order valence-corrected chi connectivity index (χ2v) is 8.32. The van der Waals surface area contributed by atoms with E-state index in [9.17, 15) is 13.2 Å². The van der Waals surface area contributed by atoms with Gasteiger partial charge in [-0.25, -0.2) is 0 Å². The Kier molecular flexibility index (Phi) is 5.60. The molecule has 1 heterocycles. The predicted octanol–water partition coefficient (Wildman–Crippen LogP) is 3.82. The van der Waals surface area contributed by atoms with Crippen molar-refractivity contribution >= 4 is 33.1 Å². The molecule has 0 spiro atoms. The van der Waals surface area contributed by atoms with Crippen molar-refractivity contribution in [2.24, 2.45) is 10.3 Å². The van der Waals surface area contributed by atoms with Crippen LogP contribution in [0.25, 0.3) is 0 Å². The molecule has 7 heteroatoms. The van der Waals surface area contributed by atoms with Crippen molar-refractivity contribution in [3.63, 3.8) is 0 Å². The Labute approximate surface area is 159 Å². The first kappa shape index (κ1) is 19.1. The number of nitrogens with one attached hydrogen (secondary N) is 2. The van der Waals surface area contributed by atoms with Crippen molar-refractivity contribution < 1.29 is 13.2 Å². The maximum atomic E-state index is 12.3. The summed E-state index contributed by atoms with van der Waals surface area (Å²) in [5, 5.41) is 5.96. The number of aryl methyl sites for hydroxylation is 1. The average Bonchev–Trinajstić information content (AvgIpc) is 2.61. The lowest BCUT2D eigenvalue weighted by Crippen LogP contribution is -2.25. The summed E-state index contributed by atoms with van der Waals surface area (Å²) in [5.41, 5.74) is 2.46. The minimum Gasteiger partial charge on any atom is -0.342 e. The zero-order chi connectivity index (χ0) is 19.4. The molecule has 0 radical (unpaired) electrons. The molecule has 1 amide bonds.